The van der Waals surface area contributed by atoms with Crippen molar-refractivity contribution in [3.63, 3.8) is 0 Å². The molecule has 0 radical (unpaired) electrons. The van der Waals surface area contributed by atoms with Gasteiger partial charge in [0.25, 0.3) is 0 Å². The molecule has 3 N–H and O–H groups in total. The number of phenols is 1. The fourth-order valence-corrected chi connectivity index (χ4v) is 2.28. The molecule has 0 saturated carbocycles. The Morgan fingerprint density at radius 2 is 1.82 bits per heavy atom. The molecule has 0 saturated heterocycles. The van der Waals surface area contributed by atoms with E-state index in [0.29, 0.717) is 18.8 Å². The lowest BCUT2D eigenvalue weighted by Gasteiger charge is -2.20. The Morgan fingerprint density at radius 1 is 1.14 bits per heavy atom. The van der Waals surface area contributed by atoms with Crippen LogP contribution in [0.2, 0.25) is 0 Å². The Balaban J connectivity index is 2.42. The zero-order valence-electron chi connectivity index (χ0n) is 12.7. The highest BCUT2D eigenvalue weighted by Crippen LogP contribution is 2.37. The molecule has 0 aliphatic rings. The summed E-state index contributed by atoms with van der Waals surface area (Å²) in [6.45, 7) is 4.73. The summed E-state index contributed by atoms with van der Waals surface area (Å²) in [6, 6.07) is 9.59. The van der Waals surface area contributed by atoms with Gasteiger partial charge in [-0.2, -0.15) is 0 Å². The third-order valence-electron chi connectivity index (χ3n) is 3.24. The molecule has 0 amide bonds. The van der Waals surface area contributed by atoms with Gasteiger partial charge in [-0.1, -0.05) is 12.1 Å². The second-order valence-electron chi connectivity index (χ2n) is 4.77. The van der Waals surface area contributed by atoms with Gasteiger partial charge >= 0.3 is 0 Å². The van der Waals surface area contributed by atoms with Gasteiger partial charge in [-0.3, -0.25) is 0 Å². The Bertz CT molecular complexity index is 629. The van der Waals surface area contributed by atoms with Gasteiger partial charge in [0.05, 0.1) is 12.3 Å². The smallest absolute Gasteiger partial charge is 0.144 e. The van der Waals surface area contributed by atoms with Crippen molar-refractivity contribution in [2.24, 2.45) is 0 Å². The van der Waals surface area contributed by atoms with Gasteiger partial charge in [-0.15, -0.1) is 0 Å². The molecule has 0 bridgehead atoms. The predicted octanol–water partition coefficient (Wildman–Crippen LogP) is 3.64. The molecule has 2 rings (SSSR count). The maximum Gasteiger partial charge on any atom is 0.144 e. The molecule has 1 atom stereocenters. The number of benzene rings is 2. The van der Waals surface area contributed by atoms with E-state index in [9.17, 15) is 9.50 Å². The van der Waals surface area contributed by atoms with Crippen molar-refractivity contribution in [3.05, 3.63) is 53.3 Å². The van der Waals surface area contributed by atoms with Crippen LogP contribution in [0.5, 0.6) is 11.5 Å². The van der Waals surface area contributed by atoms with E-state index < -0.39 is 11.9 Å². The zero-order valence-corrected chi connectivity index (χ0v) is 12.7. The van der Waals surface area contributed by atoms with Gasteiger partial charge < -0.3 is 20.3 Å². The minimum atomic E-state index is -0.598. The van der Waals surface area contributed by atoms with E-state index in [4.69, 9.17) is 15.2 Å². The third-order valence-corrected chi connectivity index (χ3v) is 3.24. The van der Waals surface area contributed by atoms with Gasteiger partial charge in [0, 0.05) is 18.2 Å². The van der Waals surface area contributed by atoms with E-state index in [1.807, 2.05) is 38.1 Å². The van der Waals surface area contributed by atoms with Crippen LogP contribution in [0.3, 0.4) is 0 Å². The van der Waals surface area contributed by atoms with Crippen LogP contribution in [0.4, 0.5) is 10.1 Å². The molecule has 2 aromatic rings. The first-order valence-corrected chi connectivity index (χ1v) is 7.19. The topological polar surface area (TPSA) is 64.7 Å². The summed E-state index contributed by atoms with van der Waals surface area (Å²) in [4.78, 5) is 0. The minimum absolute atomic E-state index is 0.00867. The maximum atomic E-state index is 13.6. The second-order valence-corrected chi connectivity index (χ2v) is 4.77. The predicted molar refractivity (Wildman–Crippen MR) is 83.6 cm³/mol. The molecule has 0 heterocycles. The van der Waals surface area contributed by atoms with E-state index in [-0.39, 0.29) is 11.4 Å². The summed E-state index contributed by atoms with van der Waals surface area (Å²) < 4.78 is 24.7. The quantitative estimate of drug-likeness (QED) is 0.632. The number of aromatic hydroxyl groups is 1. The summed E-state index contributed by atoms with van der Waals surface area (Å²) in [6.07, 6.45) is -0.598. The third kappa shape index (κ3) is 3.49. The molecule has 5 heteroatoms. The molecular formula is C17H20FNO3. The van der Waals surface area contributed by atoms with E-state index in [1.165, 1.54) is 6.07 Å². The summed E-state index contributed by atoms with van der Waals surface area (Å²) in [5.74, 6) is 0.0687. The highest BCUT2D eigenvalue weighted by molar-refractivity contribution is 5.58. The Labute approximate surface area is 129 Å². The molecule has 0 fully saturated rings. The number of nitrogen functional groups attached to an aromatic ring is 1. The van der Waals surface area contributed by atoms with Gasteiger partial charge in [-0.05, 0) is 37.6 Å². The number of rotatable bonds is 6. The average molecular weight is 305 g/mol. The highest BCUT2D eigenvalue weighted by Gasteiger charge is 2.21. The summed E-state index contributed by atoms with van der Waals surface area (Å²) in [5.41, 5.74) is 6.71. The van der Waals surface area contributed by atoms with Crippen LogP contribution >= 0.6 is 0 Å². The fourth-order valence-electron chi connectivity index (χ4n) is 2.28. The Kier molecular flexibility index (Phi) is 5.22. The Morgan fingerprint density at radius 3 is 2.41 bits per heavy atom. The van der Waals surface area contributed by atoms with Crippen molar-refractivity contribution >= 4 is 5.69 Å². The first kappa shape index (κ1) is 16.1. The first-order chi connectivity index (χ1) is 10.6. The van der Waals surface area contributed by atoms with Gasteiger partial charge in [0.15, 0.2) is 0 Å². The van der Waals surface area contributed by atoms with Crippen molar-refractivity contribution in [2.75, 3.05) is 18.9 Å². The fraction of sp³-hybridized carbons (Fsp3) is 0.294. The average Bonchev–Trinajstić information content (AvgIpc) is 2.50. The molecule has 0 aromatic heterocycles. The summed E-state index contributed by atoms with van der Waals surface area (Å²) in [5, 5.41) is 10.1. The molecule has 0 spiro atoms. The van der Waals surface area contributed by atoms with Crippen LogP contribution in [0.1, 0.15) is 31.1 Å². The second kappa shape index (κ2) is 7.13. The lowest BCUT2D eigenvalue weighted by Crippen LogP contribution is -2.08. The number of anilines is 1. The van der Waals surface area contributed by atoms with Crippen molar-refractivity contribution in [1.82, 2.24) is 0 Å². The van der Waals surface area contributed by atoms with Crippen LogP contribution in [-0.2, 0) is 4.74 Å². The van der Waals surface area contributed by atoms with Crippen molar-refractivity contribution in [2.45, 2.75) is 20.0 Å². The van der Waals surface area contributed by atoms with Gasteiger partial charge in [0.1, 0.15) is 23.4 Å². The number of halogens is 1. The molecule has 1 unspecified atom stereocenters. The van der Waals surface area contributed by atoms with E-state index in [2.05, 4.69) is 0 Å². The molecule has 22 heavy (non-hydrogen) atoms. The zero-order chi connectivity index (χ0) is 16.1. The maximum absolute atomic E-state index is 13.6. The normalized spacial score (nSPS) is 12.1. The molecule has 0 aliphatic heterocycles. The standard InChI is InChI=1S/C17H20FNO3/c1-3-21-13-7-5-11(6-8-13)17(22-4-2)14-9-12(18)10-15(19)16(14)20/h5-10,17,20H,3-4,19H2,1-2H3. The monoisotopic (exact) mass is 305 g/mol. The Hall–Kier alpha value is -2.27. The van der Waals surface area contributed by atoms with Crippen LogP contribution in [0, 0.1) is 5.82 Å². The van der Waals surface area contributed by atoms with Crippen LogP contribution in [0.25, 0.3) is 0 Å². The number of nitrogens with two attached hydrogens (primary N) is 1. The van der Waals surface area contributed by atoms with E-state index in [1.54, 1.807) is 0 Å². The van der Waals surface area contributed by atoms with Gasteiger partial charge in [-0.25, -0.2) is 4.39 Å². The molecule has 118 valence electrons. The lowest BCUT2D eigenvalue weighted by molar-refractivity contribution is 0.0893. The molecule has 4 nitrogen and oxygen atoms in total. The minimum Gasteiger partial charge on any atom is -0.505 e. The molecular weight excluding hydrogens is 285 g/mol. The van der Waals surface area contributed by atoms with E-state index in [0.717, 1.165) is 17.4 Å². The van der Waals surface area contributed by atoms with Crippen molar-refractivity contribution < 1.29 is 19.0 Å². The largest absolute Gasteiger partial charge is 0.505 e. The number of hydrogen-bond donors (Lipinski definition) is 2. The number of hydrogen-bond acceptors (Lipinski definition) is 4. The van der Waals surface area contributed by atoms with Crippen LogP contribution in [0.15, 0.2) is 36.4 Å². The van der Waals surface area contributed by atoms with Crippen molar-refractivity contribution in [3.8, 4) is 11.5 Å². The summed E-state index contributed by atoms with van der Waals surface area (Å²) in [7, 11) is 0. The number of phenolic OH excluding ortho intramolecular Hbond substituents is 1. The van der Waals surface area contributed by atoms with Crippen LogP contribution < -0.4 is 10.5 Å². The SMILES string of the molecule is CCOc1ccc(C(OCC)c2cc(F)cc(N)c2O)cc1. The first-order valence-electron chi connectivity index (χ1n) is 7.19. The number of ether oxygens (including phenoxy) is 2. The van der Waals surface area contributed by atoms with Crippen molar-refractivity contribution in [1.29, 1.82) is 0 Å². The van der Waals surface area contributed by atoms with Crippen LogP contribution in [-0.4, -0.2) is 18.3 Å². The molecule has 2 aromatic carbocycles. The van der Waals surface area contributed by atoms with E-state index >= 15 is 0 Å². The van der Waals surface area contributed by atoms with Gasteiger partial charge in [0.2, 0.25) is 0 Å². The highest BCUT2D eigenvalue weighted by atomic mass is 19.1. The summed E-state index contributed by atoms with van der Waals surface area (Å²) >= 11 is 0. The lowest BCUT2D eigenvalue weighted by atomic mass is 9.99. The molecule has 0 aliphatic carbocycles.